The molecule has 8 nitrogen and oxygen atoms in total. The third-order valence-electron chi connectivity index (χ3n) is 4.68. The number of nitrogens with two attached hydrogens (primary N) is 1. The van der Waals surface area contributed by atoms with Crippen LogP contribution in [-0.2, 0) is 9.59 Å². The minimum Gasteiger partial charge on any atom is -0.369 e. The Hall–Kier alpha value is -2.42. The second kappa shape index (κ2) is 7.86. The molecule has 1 aliphatic rings. The summed E-state index contributed by atoms with van der Waals surface area (Å²) in [5.41, 5.74) is 8.58. The highest BCUT2D eigenvalue weighted by molar-refractivity contribution is 7.99. The fourth-order valence-corrected chi connectivity index (χ4v) is 3.74. The molecule has 138 valence electrons. The van der Waals surface area contributed by atoms with Crippen molar-refractivity contribution in [2.75, 3.05) is 18.8 Å². The predicted octanol–water partition coefficient (Wildman–Crippen LogP) is 1.10. The average Bonchev–Trinajstić information content (AvgIpc) is 3.10. The number of rotatable bonds is 5. The normalized spacial score (nSPS) is 17.3. The summed E-state index contributed by atoms with van der Waals surface area (Å²) in [4.78, 5) is 25.6. The van der Waals surface area contributed by atoms with Gasteiger partial charge < -0.3 is 10.6 Å². The number of primary amides is 1. The van der Waals surface area contributed by atoms with E-state index in [1.807, 2.05) is 32.0 Å². The van der Waals surface area contributed by atoms with Crippen molar-refractivity contribution in [1.82, 2.24) is 25.1 Å². The maximum absolute atomic E-state index is 12.5. The van der Waals surface area contributed by atoms with E-state index in [0.29, 0.717) is 18.2 Å². The van der Waals surface area contributed by atoms with Crippen molar-refractivity contribution in [1.29, 1.82) is 0 Å². The molecule has 2 heterocycles. The van der Waals surface area contributed by atoms with Crippen molar-refractivity contribution < 1.29 is 9.59 Å². The summed E-state index contributed by atoms with van der Waals surface area (Å²) in [6.07, 6.45) is 1.54. The average molecular weight is 374 g/mol. The molecule has 0 saturated carbocycles. The third-order valence-corrected chi connectivity index (χ3v) is 5.58. The minimum absolute atomic E-state index is 0.0319. The first kappa shape index (κ1) is 18.4. The van der Waals surface area contributed by atoms with Gasteiger partial charge in [0.2, 0.25) is 17.0 Å². The van der Waals surface area contributed by atoms with E-state index < -0.39 is 0 Å². The summed E-state index contributed by atoms with van der Waals surface area (Å²) in [6.45, 7) is 5.14. The summed E-state index contributed by atoms with van der Waals surface area (Å²) >= 11 is 1.29. The number of thioether (sulfide) groups is 1. The molecule has 1 aromatic carbocycles. The first-order valence-electron chi connectivity index (χ1n) is 8.51. The Morgan fingerprint density at radius 2 is 2.12 bits per heavy atom. The number of benzene rings is 1. The zero-order chi connectivity index (χ0) is 18.7. The van der Waals surface area contributed by atoms with Crippen molar-refractivity contribution in [3.05, 3.63) is 29.3 Å². The van der Waals surface area contributed by atoms with E-state index >= 15 is 0 Å². The molecule has 1 aliphatic heterocycles. The number of piperidine rings is 1. The van der Waals surface area contributed by atoms with Crippen LogP contribution in [0.3, 0.4) is 0 Å². The van der Waals surface area contributed by atoms with Crippen molar-refractivity contribution in [2.24, 2.45) is 11.7 Å². The second-order valence-electron chi connectivity index (χ2n) is 6.51. The summed E-state index contributed by atoms with van der Waals surface area (Å²) < 4.78 is 1.63. The third kappa shape index (κ3) is 4.04. The lowest BCUT2D eigenvalue weighted by Gasteiger charge is -2.31. The molecule has 1 atom stereocenters. The Balaban J connectivity index is 1.65. The van der Waals surface area contributed by atoms with Crippen LogP contribution < -0.4 is 5.73 Å². The van der Waals surface area contributed by atoms with Crippen LogP contribution in [0, 0.1) is 19.8 Å². The van der Waals surface area contributed by atoms with Gasteiger partial charge in [0, 0.05) is 13.1 Å². The maximum Gasteiger partial charge on any atom is 0.233 e. The topological polar surface area (TPSA) is 107 Å². The summed E-state index contributed by atoms with van der Waals surface area (Å²) in [5, 5.41) is 12.3. The van der Waals surface area contributed by atoms with Crippen LogP contribution in [0.5, 0.6) is 0 Å². The van der Waals surface area contributed by atoms with Gasteiger partial charge in [-0.25, -0.2) is 0 Å². The first-order valence-corrected chi connectivity index (χ1v) is 9.50. The number of tetrazole rings is 1. The molecule has 0 bridgehead atoms. The van der Waals surface area contributed by atoms with Crippen LogP contribution >= 0.6 is 11.8 Å². The smallest absolute Gasteiger partial charge is 0.233 e. The van der Waals surface area contributed by atoms with Crippen LogP contribution in [0.15, 0.2) is 23.4 Å². The molecular formula is C17H22N6O2S. The van der Waals surface area contributed by atoms with E-state index in [1.54, 1.807) is 9.58 Å². The number of aromatic nitrogens is 4. The number of likely N-dealkylation sites (tertiary alicyclic amines) is 1. The van der Waals surface area contributed by atoms with Gasteiger partial charge in [0.15, 0.2) is 0 Å². The molecule has 0 radical (unpaired) electrons. The quantitative estimate of drug-likeness (QED) is 0.785. The first-order chi connectivity index (χ1) is 12.5. The molecule has 0 unspecified atom stereocenters. The minimum atomic E-state index is -0.339. The van der Waals surface area contributed by atoms with Gasteiger partial charge in [-0.15, -0.1) is 5.10 Å². The number of carbonyl (C=O) groups is 2. The summed E-state index contributed by atoms with van der Waals surface area (Å²) in [5.74, 6) is -0.403. The second-order valence-corrected chi connectivity index (χ2v) is 7.45. The molecule has 0 aliphatic carbocycles. The predicted molar refractivity (Wildman–Crippen MR) is 97.9 cm³/mol. The van der Waals surface area contributed by atoms with Crippen LogP contribution in [0.2, 0.25) is 0 Å². The van der Waals surface area contributed by atoms with Crippen LogP contribution in [0.4, 0.5) is 0 Å². The Kier molecular flexibility index (Phi) is 5.55. The van der Waals surface area contributed by atoms with E-state index in [1.165, 1.54) is 17.3 Å². The molecule has 2 aromatic rings. The maximum atomic E-state index is 12.5. The lowest BCUT2D eigenvalue weighted by Crippen LogP contribution is -2.44. The number of amides is 2. The Labute approximate surface area is 156 Å². The van der Waals surface area contributed by atoms with Crippen molar-refractivity contribution >= 4 is 23.6 Å². The molecule has 9 heteroatoms. The van der Waals surface area contributed by atoms with Gasteiger partial charge in [0.1, 0.15) is 0 Å². The van der Waals surface area contributed by atoms with Gasteiger partial charge in [-0.2, -0.15) is 4.68 Å². The molecule has 0 spiro atoms. The fourth-order valence-electron chi connectivity index (χ4n) is 2.94. The summed E-state index contributed by atoms with van der Waals surface area (Å²) in [7, 11) is 0. The molecule has 2 amide bonds. The zero-order valence-corrected chi connectivity index (χ0v) is 15.7. The lowest BCUT2D eigenvalue weighted by molar-refractivity contribution is -0.132. The molecule has 3 rings (SSSR count). The Morgan fingerprint density at radius 3 is 2.85 bits per heavy atom. The van der Waals surface area contributed by atoms with Crippen molar-refractivity contribution in [3.63, 3.8) is 0 Å². The molecule has 1 aromatic heterocycles. The number of hydrogen-bond acceptors (Lipinski definition) is 6. The molecular weight excluding hydrogens is 352 g/mol. The Bertz CT molecular complexity index is 821. The van der Waals surface area contributed by atoms with Gasteiger partial charge in [0.25, 0.3) is 0 Å². The van der Waals surface area contributed by atoms with Gasteiger partial charge >= 0.3 is 0 Å². The van der Waals surface area contributed by atoms with Crippen molar-refractivity contribution in [2.45, 2.75) is 31.8 Å². The molecule has 1 fully saturated rings. The Morgan fingerprint density at radius 1 is 1.31 bits per heavy atom. The van der Waals surface area contributed by atoms with Crippen LogP contribution in [0.1, 0.15) is 24.0 Å². The van der Waals surface area contributed by atoms with E-state index in [2.05, 4.69) is 15.5 Å². The van der Waals surface area contributed by atoms with E-state index in [4.69, 9.17) is 5.73 Å². The molecule has 26 heavy (non-hydrogen) atoms. The van der Waals surface area contributed by atoms with Crippen molar-refractivity contribution in [3.8, 4) is 5.69 Å². The van der Waals surface area contributed by atoms with E-state index in [9.17, 15) is 9.59 Å². The molecule has 1 saturated heterocycles. The number of aryl methyl sites for hydroxylation is 2. The number of hydrogen-bond donors (Lipinski definition) is 1. The zero-order valence-electron chi connectivity index (χ0n) is 14.9. The number of nitrogens with zero attached hydrogens (tertiary/aromatic N) is 5. The highest BCUT2D eigenvalue weighted by atomic mass is 32.2. The SMILES string of the molecule is Cc1ccc(-n2nnnc2SCC(=O)N2CCC[C@@H](C(N)=O)C2)cc1C. The van der Waals surface area contributed by atoms with Crippen LogP contribution in [0.25, 0.3) is 5.69 Å². The van der Waals surface area contributed by atoms with E-state index in [0.717, 1.165) is 24.1 Å². The summed E-state index contributed by atoms with van der Waals surface area (Å²) in [6, 6.07) is 5.98. The number of carbonyl (C=O) groups excluding carboxylic acids is 2. The van der Waals surface area contributed by atoms with Gasteiger partial charge in [0.05, 0.1) is 17.4 Å². The monoisotopic (exact) mass is 374 g/mol. The van der Waals surface area contributed by atoms with Crippen LogP contribution in [-0.4, -0.2) is 55.8 Å². The lowest BCUT2D eigenvalue weighted by atomic mass is 9.97. The van der Waals surface area contributed by atoms with Gasteiger partial charge in [-0.05, 0) is 60.4 Å². The standard InChI is InChI=1S/C17H22N6O2S/c1-11-5-6-14(8-12(11)2)23-17(19-20-21-23)26-10-15(24)22-7-3-4-13(9-22)16(18)25/h5-6,8,13H,3-4,7,9-10H2,1-2H3,(H2,18,25)/t13-/m1/s1. The highest BCUT2D eigenvalue weighted by Gasteiger charge is 2.27. The highest BCUT2D eigenvalue weighted by Crippen LogP contribution is 2.22. The van der Waals surface area contributed by atoms with Gasteiger partial charge in [-0.3, -0.25) is 9.59 Å². The molecule has 2 N–H and O–H groups in total. The van der Waals surface area contributed by atoms with E-state index in [-0.39, 0.29) is 23.5 Å². The fraction of sp³-hybridized carbons (Fsp3) is 0.471. The largest absolute Gasteiger partial charge is 0.369 e. The van der Waals surface area contributed by atoms with Gasteiger partial charge in [-0.1, -0.05) is 17.8 Å².